The van der Waals surface area contributed by atoms with E-state index in [1.807, 2.05) is 0 Å². The Bertz CT molecular complexity index is 1600. The summed E-state index contributed by atoms with van der Waals surface area (Å²) in [6.45, 7) is 0. The second-order valence-electron chi connectivity index (χ2n) is 7.48. The lowest BCUT2D eigenvalue weighted by Gasteiger charge is -2.11. The summed E-state index contributed by atoms with van der Waals surface area (Å²) in [7, 11) is -2.11. The molecule has 34 heavy (non-hydrogen) atoms. The molecule has 0 fully saturated rings. The van der Waals surface area contributed by atoms with E-state index in [-0.39, 0.29) is 16.3 Å². The minimum atomic E-state index is -3.83. The van der Waals surface area contributed by atoms with E-state index in [4.69, 9.17) is 23.2 Å². The fraction of sp³-hybridized carbons (Fsp3) is 0.130. The van der Waals surface area contributed by atoms with Crippen molar-refractivity contribution in [3.8, 4) is 5.69 Å². The first-order valence-electron chi connectivity index (χ1n) is 9.90. The van der Waals surface area contributed by atoms with Gasteiger partial charge in [0.2, 0.25) is 0 Å². The topological polar surface area (TPSA) is 85.2 Å². The Morgan fingerprint density at radius 2 is 1.88 bits per heavy atom. The van der Waals surface area contributed by atoms with Crippen LogP contribution in [0.2, 0.25) is 9.36 Å². The van der Waals surface area contributed by atoms with E-state index in [0.29, 0.717) is 31.4 Å². The highest BCUT2D eigenvalue weighted by atomic mass is 35.5. The highest BCUT2D eigenvalue weighted by molar-refractivity contribution is 7.94. The molecule has 11 heteroatoms. The average Bonchev–Trinajstić information content (AvgIpc) is 3.22. The second-order valence-corrected chi connectivity index (χ2v) is 11.8. The van der Waals surface area contributed by atoms with E-state index in [0.717, 1.165) is 22.0 Å². The van der Waals surface area contributed by atoms with Crippen molar-refractivity contribution >= 4 is 66.6 Å². The number of sulfone groups is 1. The van der Waals surface area contributed by atoms with Crippen LogP contribution in [0.1, 0.15) is 5.56 Å². The average molecular weight is 539 g/mol. The minimum absolute atomic E-state index is 0.00207. The molecule has 2 aromatic carbocycles. The van der Waals surface area contributed by atoms with Crippen molar-refractivity contribution in [3.05, 3.63) is 85.8 Å². The molecular weight excluding hydrogens is 522 g/mol. The monoisotopic (exact) mass is 538 g/mol. The van der Waals surface area contributed by atoms with Crippen LogP contribution in [0.4, 0.5) is 10.1 Å². The SMILES string of the molecule is CNc1cc2ccn(-c3ccc(CC(=O)CS(=O)(=O)c4ccc(Cl)s4)cc3F)c(=O)c2cc1Cl. The van der Waals surface area contributed by atoms with Gasteiger partial charge in [-0.15, -0.1) is 11.3 Å². The zero-order chi connectivity index (χ0) is 24.6. The van der Waals surface area contributed by atoms with Gasteiger partial charge in [-0.2, -0.15) is 0 Å². The maximum Gasteiger partial charge on any atom is 0.263 e. The van der Waals surface area contributed by atoms with Crippen molar-refractivity contribution in [2.75, 3.05) is 18.1 Å². The van der Waals surface area contributed by atoms with Crippen molar-refractivity contribution in [1.29, 1.82) is 0 Å². The summed E-state index contributed by atoms with van der Waals surface area (Å²) in [5, 5.41) is 4.26. The maximum atomic E-state index is 14.9. The lowest BCUT2D eigenvalue weighted by molar-refractivity contribution is -0.116. The van der Waals surface area contributed by atoms with E-state index in [1.54, 1.807) is 19.2 Å². The Labute approximate surface area is 208 Å². The number of hydrogen-bond acceptors (Lipinski definition) is 6. The van der Waals surface area contributed by atoms with E-state index < -0.39 is 32.7 Å². The molecule has 0 aliphatic carbocycles. The van der Waals surface area contributed by atoms with Gasteiger partial charge in [-0.25, -0.2) is 12.8 Å². The number of thiophene rings is 1. The van der Waals surface area contributed by atoms with Crippen LogP contribution in [0.5, 0.6) is 0 Å². The summed E-state index contributed by atoms with van der Waals surface area (Å²) in [6, 6.07) is 11.7. The molecular formula is C23H17Cl2FN2O4S2. The zero-order valence-corrected chi connectivity index (χ0v) is 20.8. The first kappa shape index (κ1) is 24.4. The van der Waals surface area contributed by atoms with Gasteiger partial charge in [-0.1, -0.05) is 29.3 Å². The lowest BCUT2D eigenvalue weighted by Crippen LogP contribution is -2.19. The molecule has 0 radical (unpaired) electrons. The van der Waals surface area contributed by atoms with Gasteiger partial charge < -0.3 is 5.32 Å². The standard InChI is InChI=1S/C23H17Cl2FN2O4S2/c1-27-19-10-14-6-7-28(23(30)16(14)11-17(19)24)20-3-2-13(9-18(20)26)8-15(29)12-34(31,32)22-5-4-21(25)33-22/h2-7,9-11,27H,8,12H2,1H3. The maximum absolute atomic E-state index is 14.9. The molecule has 2 aromatic heterocycles. The molecule has 0 atom stereocenters. The summed E-state index contributed by atoms with van der Waals surface area (Å²) in [6.07, 6.45) is 1.19. The van der Waals surface area contributed by atoms with E-state index >= 15 is 0 Å². The molecule has 6 nitrogen and oxygen atoms in total. The Morgan fingerprint density at radius 3 is 2.53 bits per heavy atom. The number of hydrogen-bond donors (Lipinski definition) is 1. The number of nitrogens with zero attached hydrogens (tertiary/aromatic N) is 1. The summed E-state index contributed by atoms with van der Waals surface area (Å²) < 4.78 is 41.1. The van der Waals surface area contributed by atoms with Crippen LogP contribution in [-0.2, 0) is 21.1 Å². The lowest BCUT2D eigenvalue weighted by atomic mass is 10.1. The third-order valence-corrected chi connectivity index (χ3v) is 8.94. The molecule has 0 unspecified atom stereocenters. The number of carbonyl (C=O) groups excluding carboxylic acids is 1. The fourth-order valence-corrected chi connectivity index (χ4v) is 6.60. The van der Waals surface area contributed by atoms with Gasteiger partial charge in [-0.3, -0.25) is 14.2 Å². The Morgan fingerprint density at radius 1 is 1.12 bits per heavy atom. The molecule has 4 rings (SSSR count). The third kappa shape index (κ3) is 4.88. The number of carbonyl (C=O) groups is 1. The molecule has 176 valence electrons. The van der Waals surface area contributed by atoms with Gasteiger partial charge in [0.05, 0.1) is 20.7 Å². The smallest absolute Gasteiger partial charge is 0.263 e. The van der Waals surface area contributed by atoms with Crippen LogP contribution >= 0.6 is 34.5 Å². The van der Waals surface area contributed by atoms with Gasteiger partial charge in [0.15, 0.2) is 15.6 Å². The van der Waals surface area contributed by atoms with Gasteiger partial charge in [0, 0.05) is 25.1 Å². The number of nitrogens with one attached hydrogen (secondary N) is 1. The quantitative estimate of drug-likeness (QED) is 0.352. The summed E-state index contributed by atoms with van der Waals surface area (Å²) in [4.78, 5) is 25.3. The fourth-order valence-electron chi connectivity index (χ4n) is 3.53. The number of aromatic nitrogens is 1. The van der Waals surface area contributed by atoms with Crippen molar-refractivity contribution in [2.45, 2.75) is 10.6 Å². The predicted octanol–water partition coefficient (Wildman–Crippen LogP) is 5.13. The molecule has 0 spiro atoms. The number of Topliss-reactive ketones (excluding diaryl/α,β-unsaturated/α-hetero) is 1. The molecule has 0 aliphatic heterocycles. The van der Waals surface area contributed by atoms with Gasteiger partial charge in [0.25, 0.3) is 5.56 Å². The Kier molecular flexibility index (Phi) is 6.82. The van der Waals surface area contributed by atoms with Gasteiger partial charge >= 0.3 is 0 Å². The van der Waals surface area contributed by atoms with Crippen LogP contribution in [0.15, 0.2) is 63.7 Å². The normalized spacial score (nSPS) is 11.6. The van der Waals surface area contributed by atoms with Crippen LogP contribution in [0.25, 0.3) is 16.5 Å². The third-order valence-electron chi connectivity index (χ3n) is 5.14. The van der Waals surface area contributed by atoms with Crippen LogP contribution in [-0.4, -0.2) is 31.6 Å². The first-order chi connectivity index (χ1) is 16.1. The van der Waals surface area contributed by atoms with Crippen LogP contribution in [0, 0.1) is 5.82 Å². The zero-order valence-electron chi connectivity index (χ0n) is 17.6. The molecule has 0 aliphatic rings. The molecule has 0 saturated carbocycles. The van der Waals surface area contributed by atoms with Crippen molar-refractivity contribution in [2.24, 2.45) is 0 Å². The van der Waals surface area contributed by atoms with E-state index in [2.05, 4.69) is 5.32 Å². The van der Waals surface area contributed by atoms with Gasteiger partial charge in [0.1, 0.15) is 15.8 Å². The molecule has 4 aromatic rings. The second kappa shape index (κ2) is 9.50. The summed E-state index contributed by atoms with van der Waals surface area (Å²) >= 11 is 12.8. The number of fused-ring (bicyclic) bond motifs is 1. The highest BCUT2D eigenvalue weighted by Crippen LogP contribution is 2.28. The van der Waals surface area contributed by atoms with Crippen molar-refractivity contribution in [3.63, 3.8) is 0 Å². The molecule has 2 heterocycles. The van der Waals surface area contributed by atoms with E-state index in [1.165, 1.54) is 36.5 Å². The van der Waals surface area contributed by atoms with Crippen molar-refractivity contribution in [1.82, 2.24) is 4.57 Å². The number of pyridine rings is 1. The Balaban J connectivity index is 1.59. The summed E-state index contributed by atoms with van der Waals surface area (Å²) in [5.74, 6) is -2.03. The predicted molar refractivity (Wildman–Crippen MR) is 134 cm³/mol. The number of ketones is 1. The minimum Gasteiger partial charge on any atom is -0.387 e. The number of rotatable bonds is 7. The van der Waals surface area contributed by atoms with E-state index in [9.17, 15) is 22.4 Å². The molecule has 1 N–H and O–H groups in total. The van der Waals surface area contributed by atoms with Gasteiger partial charge in [-0.05, 0) is 53.4 Å². The van der Waals surface area contributed by atoms with Crippen LogP contribution < -0.4 is 10.9 Å². The molecule has 0 saturated heterocycles. The van der Waals surface area contributed by atoms with Crippen molar-refractivity contribution < 1.29 is 17.6 Å². The first-order valence-corrected chi connectivity index (χ1v) is 13.1. The summed E-state index contributed by atoms with van der Waals surface area (Å²) in [5.41, 5.74) is 0.500. The Hall–Kier alpha value is -2.72. The molecule has 0 bridgehead atoms. The number of benzene rings is 2. The number of halogens is 3. The largest absolute Gasteiger partial charge is 0.387 e. The van der Waals surface area contributed by atoms with Crippen LogP contribution in [0.3, 0.4) is 0 Å². The molecule has 0 amide bonds. The number of anilines is 1. The highest BCUT2D eigenvalue weighted by Gasteiger charge is 2.22.